The average molecular weight is 331 g/mol. The van der Waals surface area contributed by atoms with Crippen LogP contribution < -0.4 is 0 Å². The van der Waals surface area contributed by atoms with Gasteiger partial charge in [0, 0.05) is 23.5 Å². The zero-order valence-corrected chi connectivity index (χ0v) is 14.1. The summed E-state index contributed by atoms with van der Waals surface area (Å²) in [7, 11) is 0. The van der Waals surface area contributed by atoms with E-state index in [-0.39, 0.29) is 0 Å². The van der Waals surface area contributed by atoms with E-state index in [2.05, 4.69) is 53.4 Å². The molecule has 2 bridgehead atoms. The van der Waals surface area contributed by atoms with Crippen molar-refractivity contribution >= 4 is 16.5 Å². The molecule has 2 unspecified atom stereocenters. The molecule has 0 N–H and O–H groups in total. The first-order chi connectivity index (χ1) is 12.4. The molecule has 1 saturated heterocycles. The maximum atomic E-state index is 5.85. The van der Waals surface area contributed by atoms with Crippen LogP contribution in [0.1, 0.15) is 17.5 Å². The van der Waals surface area contributed by atoms with Gasteiger partial charge in [0.1, 0.15) is 5.58 Å². The highest BCUT2D eigenvalue weighted by Gasteiger charge is 2.35. The Morgan fingerprint density at radius 2 is 1.80 bits per heavy atom. The number of fused-ring (bicyclic) bond motifs is 3. The summed E-state index contributed by atoms with van der Waals surface area (Å²) >= 11 is 0. The van der Waals surface area contributed by atoms with E-state index in [1.807, 2.05) is 18.4 Å². The number of para-hydroxylation sites is 1. The Kier molecular flexibility index (Phi) is 3.69. The first-order valence-corrected chi connectivity index (χ1v) is 8.93. The van der Waals surface area contributed by atoms with E-state index in [1.54, 1.807) is 0 Å². The molecule has 2 atom stereocenters. The second kappa shape index (κ2) is 6.17. The van der Waals surface area contributed by atoms with Crippen molar-refractivity contribution in [2.45, 2.75) is 25.0 Å². The van der Waals surface area contributed by atoms with Gasteiger partial charge < -0.3 is 9.15 Å². The average Bonchev–Trinajstić information content (AvgIpc) is 3.06. The molecule has 2 aliphatic heterocycles. The molecule has 1 aromatic heterocycles. The Morgan fingerprint density at radius 3 is 2.68 bits per heavy atom. The largest absolute Gasteiger partial charge is 0.464 e. The third kappa shape index (κ3) is 2.70. The van der Waals surface area contributed by atoms with Gasteiger partial charge in [-0.25, -0.2) is 0 Å². The van der Waals surface area contributed by atoms with Crippen molar-refractivity contribution in [1.29, 1.82) is 0 Å². The minimum atomic E-state index is 0.330. The summed E-state index contributed by atoms with van der Waals surface area (Å²) in [5, 5.41) is 1.21. The molecule has 0 spiro atoms. The van der Waals surface area contributed by atoms with Gasteiger partial charge in [-0.2, -0.15) is 0 Å². The van der Waals surface area contributed by atoms with E-state index in [1.165, 1.54) is 22.1 Å². The SMILES string of the molecule is C1=C(c2coc3ccccc23)CC2COCC1N2Cc1ccccc1. The predicted octanol–water partition coefficient (Wildman–Crippen LogP) is 4.49. The Labute approximate surface area is 147 Å². The quantitative estimate of drug-likeness (QED) is 0.707. The van der Waals surface area contributed by atoms with Crippen LogP contribution in [0.4, 0.5) is 0 Å². The van der Waals surface area contributed by atoms with Gasteiger partial charge in [0.2, 0.25) is 0 Å². The maximum Gasteiger partial charge on any atom is 0.134 e. The zero-order valence-electron chi connectivity index (χ0n) is 14.1. The number of hydrogen-bond donors (Lipinski definition) is 0. The van der Waals surface area contributed by atoms with Crippen LogP contribution in [0, 0.1) is 0 Å². The fourth-order valence-corrected chi connectivity index (χ4v) is 4.13. The van der Waals surface area contributed by atoms with Crippen molar-refractivity contribution in [2.24, 2.45) is 0 Å². The fraction of sp³-hybridized carbons (Fsp3) is 0.273. The van der Waals surface area contributed by atoms with Gasteiger partial charge in [0.05, 0.1) is 25.5 Å². The minimum Gasteiger partial charge on any atom is -0.464 e. The number of hydrogen-bond acceptors (Lipinski definition) is 3. The zero-order chi connectivity index (χ0) is 16.6. The fourth-order valence-electron chi connectivity index (χ4n) is 4.13. The summed E-state index contributed by atoms with van der Waals surface area (Å²) in [5.41, 5.74) is 4.97. The van der Waals surface area contributed by atoms with Crippen LogP contribution in [-0.2, 0) is 11.3 Å². The molecule has 3 aromatic rings. The summed E-state index contributed by atoms with van der Waals surface area (Å²) in [6.07, 6.45) is 5.31. The Hall–Kier alpha value is -2.36. The van der Waals surface area contributed by atoms with E-state index >= 15 is 0 Å². The van der Waals surface area contributed by atoms with Gasteiger partial charge in [-0.3, -0.25) is 4.90 Å². The van der Waals surface area contributed by atoms with Crippen LogP contribution in [0.5, 0.6) is 0 Å². The molecule has 1 fully saturated rings. The van der Waals surface area contributed by atoms with Gasteiger partial charge in [-0.15, -0.1) is 0 Å². The Bertz CT molecular complexity index is 912. The van der Waals surface area contributed by atoms with Crippen LogP contribution in [0.3, 0.4) is 0 Å². The Morgan fingerprint density at radius 1 is 0.960 bits per heavy atom. The van der Waals surface area contributed by atoms with Crippen LogP contribution >= 0.6 is 0 Å². The van der Waals surface area contributed by atoms with Gasteiger partial charge in [0.15, 0.2) is 0 Å². The lowest BCUT2D eigenvalue weighted by atomic mass is 9.89. The number of morpholine rings is 1. The van der Waals surface area contributed by atoms with Crippen LogP contribution in [-0.4, -0.2) is 30.2 Å². The van der Waals surface area contributed by atoms with Crippen LogP contribution in [0.25, 0.3) is 16.5 Å². The third-order valence-corrected chi connectivity index (χ3v) is 5.38. The summed E-state index contributed by atoms with van der Waals surface area (Å²) in [5.74, 6) is 0. The van der Waals surface area contributed by atoms with Gasteiger partial charge in [0.25, 0.3) is 0 Å². The molecule has 3 heterocycles. The van der Waals surface area contributed by atoms with Crippen LogP contribution in [0.15, 0.2) is 71.4 Å². The summed E-state index contributed by atoms with van der Waals surface area (Å²) in [4.78, 5) is 2.59. The van der Waals surface area contributed by atoms with E-state index in [0.717, 1.165) is 31.8 Å². The molecular weight excluding hydrogens is 310 g/mol. The first-order valence-electron chi connectivity index (χ1n) is 8.93. The number of ether oxygens (including phenoxy) is 1. The Balaban J connectivity index is 1.48. The van der Waals surface area contributed by atoms with E-state index in [9.17, 15) is 0 Å². The van der Waals surface area contributed by atoms with Crippen molar-refractivity contribution in [2.75, 3.05) is 13.2 Å². The monoisotopic (exact) mass is 331 g/mol. The van der Waals surface area contributed by atoms with Gasteiger partial charge >= 0.3 is 0 Å². The standard InChI is InChI=1S/C22H21NO2/c1-2-6-16(7-3-1)12-23-18-10-17(11-19(23)14-24-13-18)21-15-25-22-9-5-4-8-20(21)22/h1-10,15,18-19H,11-14H2. The second-order valence-corrected chi connectivity index (χ2v) is 6.96. The van der Waals surface area contributed by atoms with Crippen molar-refractivity contribution in [1.82, 2.24) is 4.90 Å². The van der Waals surface area contributed by atoms with Gasteiger partial charge in [-0.1, -0.05) is 54.6 Å². The van der Waals surface area contributed by atoms with Crippen molar-refractivity contribution in [3.63, 3.8) is 0 Å². The summed E-state index contributed by atoms with van der Waals surface area (Å²) in [6, 6.07) is 19.8. The molecule has 3 nitrogen and oxygen atoms in total. The summed E-state index contributed by atoms with van der Waals surface area (Å²) in [6.45, 7) is 2.55. The molecule has 2 aromatic carbocycles. The molecule has 25 heavy (non-hydrogen) atoms. The smallest absolute Gasteiger partial charge is 0.134 e. The molecule has 0 amide bonds. The number of nitrogens with zero attached hydrogens (tertiary/aromatic N) is 1. The minimum absolute atomic E-state index is 0.330. The highest BCUT2D eigenvalue weighted by Crippen LogP contribution is 2.37. The maximum absolute atomic E-state index is 5.85. The molecule has 0 saturated carbocycles. The molecule has 126 valence electrons. The molecule has 2 aliphatic rings. The third-order valence-electron chi connectivity index (χ3n) is 5.38. The molecule has 0 aliphatic carbocycles. The lowest BCUT2D eigenvalue weighted by Crippen LogP contribution is -2.53. The van der Waals surface area contributed by atoms with E-state index in [0.29, 0.717) is 12.1 Å². The molecule has 0 radical (unpaired) electrons. The van der Waals surface area contributed by atoms with Gasteiger partial charge in [-0.05, 0) is 23.6 Å². The summed E-state index contributed by atoms with van der Waals surface area (Å²) < 4.78 is 11.6. The number of benzene rings is 2. The number of furan rings is 1. The van der Waals surface area contributed by atoms with Crippen molar-refractivity contribution < 1.29 is 9.15 Å². The highest BCUT2D eigenvalue weighted by atomic mass is 16.5. The molecular formula is C22H21NO2. The molecule has 3 heteroatoms. The topological polar surface area (TPSA) is 25.6 Å². The molecule has 5 rings (SSSR count). The first kappa shape index (κ1) is 14.9. The number of rotatable bonds is 3. The van der Waals surface area contributed by atoms with E-state index in [4.69, 9.17) is 9.15 Å². The van der Waals surface area contributed by atoms with E-state index < -0.39 is 0 Å². The lowest BCUT2D eigenvalue weighted by molar-refractivity contribution is -0.0402. The highest BCUT2D eigenvalue weighted by molar-refractivity contribution is 5.91. The second-order valence-electron chi connectivity index (χ2n) is 6.96. The normalized spacial score (nSPS) is 23.6. The van der Waals surface area contributed by atoms with Crippen LogP contribution in [0.2, 0.25) is 0 Å². The van der Waals surface area contributed by atoms with Crippen molar-refractivity contribution in [3.05, 3.63) is 78.1 Å². The van der Waals surface area contributed by atoms with Crippen molar-refractivity contribution in [3.8, 4) is 0 Å². The lowest BCUT2D eigenvalue weighted by Gasteiger charge is -2.44. The predicted molar refractivity (Wildman–Crippen MR) is 99.2 cm³/mol.